The molecule has 0 radical (unpaired) electrons. The molecule has 0 saturated carbocycles. The minimum atomic E-state index is -0.166. The van der Waals surface area contributed by atoms with Gasteiger partial charge in [0.2, 0.25) is 0 Å². The van der Waals surface area contributed by atoms with Gasteiger partial charge in [0, 0.05) is 19.1 Å². The number of rotatable bonds is 8. The van der Waals surface area contributed by atoms with E-state index in [2.05, 4.69) is 11.8 Å². The molecule has 2 nitrogen and oxygen atoms in total. The van der Waals surface area contributed by atoms with Crippen molar-refractivity contribution in [3.63, 3.8) is 0 Å². The quantitative estimate of drug-likeness (QED) is 0.736. The fourth-order valence-corrected chi connectivity index (χ4v) is 2.80. The summed E-state index contributed by atoms with van der Waals surface area (Å²) in [4.78, 5) is 2.07. The van der Waals surface area contributed by atoms with Crippen molar-refractivity contribution in [3.05, 3.63) is 30.1 Å². The van der Waals surface area contributed by atoms with Crippen molar-refractivity contribution >= 4 is 17.4 Å². The van der Waals surface area contributed by atoms with Crippen LogP contribution >= 0.6 is 11.8 Å². The van der Waals surface area contributed by atoms with Gasteiger partial charge in [0.1, 0.15) is 5.82 Å². The highest BCUT2D eigenvalue weighted by atomic mass is 32.2. The molecule has 0 bridgehead atoms. The van der Waals surface area contributed by atoms with Crippen molar-refractivity contribution in [3.8, 4) is 0 Å². The van der Waals surface area contributed by atoms with Gasteiger partial charge in [-0.15, -0.1) is 0 Å². The molecule has 0 fully saturated rings. The van der Waals surface area contributed by atoms with Gasteiger partial charge in [-0.2, -0.15) is 11.8 Å². The zero-order valence-electron chi connectivity index (χ0n) is 11.2. The minimum absolute atomic E-state index is 0.166. The molecular weight excluding hydrogens is 247 g/mol. The Morgan fingerprint density at radius 2 is 2.06 bits per heavy atom. The van der Waals surface area contributed by atoms with Crippen LogP contribution in [0, 0.1) is 5.82 Å². The Labute approximate surface area is 114 Å². The van der Waals surface area contributed by atoms with Crippen molar-refractivity contribution in [2.45, 2.75) is 26.3 Å². The summed E-state index contributed by atoms with van der Waals surface area (Å²) in [5.41, 5.74) is 6.51. The molecule has 1 aromatic rings. The van der Waals surface area contributed by atoms with Crippen LogP contribution in [0.4, 0.5) is 10.1 Å². The summed E-state index contributed by atoms with van der Waals surface area (Å²) >= 11 is 1.90. The van der Waals surface area contributed by atoms with Crippen molar-refractivity contribution in [2.75, 3.05) is 29.5 Å². The molecular formula is C14H23FN2S. The Hall–Kier alpha value is -0.740. The lowest BCUT2D eigenvalue weighted by molar-refractivity contribution is 0.565. The Morgan fingerprint density at radius 1 is 1.33 bits per heavy atom. The predicted octanol–water partition coefficient (Wildman–Crippen LogP) is 3.12. The first-order valence-electron chi connectivity index (χ1n) is 6.53. The number of hydrogen-bond donors (Lipinski definition) is 1. The van der Waals surface area contributed by atoms with E-state index in [1.54, 1.807) is 6.07 Å². The number of para-hydroxylation sites is 1. The van der Waals surface area contributed by atoms with Crippen LogP contribution in [0.15, 0.2) is 24.3 Å². The summed E-state index contributed by atoms with van der Waals surface area (Å²) in [7, 11) is 0. The maximum absolute atomic E-state index is 13.8. The number of anilines is 1. The largest absolute Gasteiger partial charge is 0.365 e. The Morgan fingerprint density at radius 3 is 2.61 bits per heavy atom. The molecule has 1 unspecified atom stereocenters. The average molecular weight is 270 g/mol. The second-order valence-electron chi connectivity index (χ2n) is 4.11. The van der Waals surface area contributed by atoms with Crippen molar-refractivity contribution in [2.24, 2.45) is 5.73 Å². The third kappa shape index (κ3) is 4.18. The Bertz CT molecular complexity index is 346. The van der Waals surface area contributed by atoms with E-state index in [0.29, 0.717) is 12.2 Å². The fourth-order valence-electron chi connectivity index (χ4n) is 2.07. The SMILES string of the molecule is CCSCCC(CN)N(CC)c1ccccc1F. The van der Waals surface area contributed by atoms with Gasteiger partial charge in [0.25, 0.3) is 0 Å². The molecule has 0 aromatic heterocycles. The van der Waals surface area contributed by atoms with Gasteiger partial charge in [-0.25, -0.2) is 4.39 Å². The van der Waals surface area contributed by atoms with Crippen LogP contribution in [0.5, 0.6) is 0 Å². The average Bonchev–Trinajstić information content (AvgIpc) is 2.39. The summed E-state index contributed by atoms with van der Waals surface area (Å²) < 4.78 is 13.8. The Kier molecular flexibility index (Phi) is 7.13. The molecule has 102 valence electrons. The molecule has 2 N–H and O–H groups in total. The third-order valence-electron chi connectivity index (χ3n) is 3.01. The first-order valence-corrected chi connectivity index (χ1v) is 7.69. The zero-order valence-corrected chi connectivity index (χ0v) is 12.0. The van der Waals surface area contributed by atoms with E-state index >= 15 is 0 Å². The molecule has 4 heteroatoms. The van der Waals surface area contributed by atoms with Gasteiger partial charge in [-0.05, 0) is 37.0 Å². The number of nitrogens with two attached hydrogens (primary N) is 1. The number of benzene rings is 1. The van der Waals surface area contributed by atoms with Crippen LogP contribution in [0.2, 0.25) is 0 Å². The van der Waals surface area contributed by atoms with E-state index in [9.17, 15) is 4.39 Å². The first kappa shape index (κ1) is 15.3. The predicted molar refractivity (Wildman–Crippen MR) is 79.9 cm³/mol. The number of nitrogens with zero attached hydrogens (tertiary/aromatic N) is 1. The van der Waals surface area contributed by atoms with E-state index in [4.69, 9.17) is 5.73 Å². The number of hydrogen-bond acceptors (Lipinski definition) is 3. The van der Waals surface area contributed by atoms with Crippen molar-refractivity contribution in [1.82, 2.24) is 0 Å². The lowest BCUT2D eigenvalue weighted by Crippen LogP contribution is -2.41. The van der Waals surface area contributed by atoms with E-state index in [1.807, 2.05) is 30.8 Å². The second-order valence-corrected chi connectivity index (χ2v) is 5.51. The van der Waals surface area contributed by atoms with Crippen LogP contribution < -0.4 is 10.6 Å². The van der Waals surface area contributed by atoms with Crippen LogP contribution in [-0.2, 0) is 0 Å². The third-order valence-corrected chi connectivity index (χ3v) is 3.95. The van der Waals surface area contributed by atoms with Gasteiger partial charge >= 0.3 is 0 Å². The highest BCUT2D eigenvalue weighted by Gasteiger charge is 2.18. The second kappa shape index (κ2) is 8.38. The summed E-state index contributed by atoms with van der Waals surface area (Å²) in [6.07, 6.45) is 0.997. The molecule has 0 saturated heterocycles. The first-order chi connectivity index (χ1) is 8.74. The van der Waals surface area contributed by atoms with Gasteiger partial charge < -0.3 is 10.6 Å². The smallest absolute Gasteiger partial charge is 0.146 e. The van der Waals surface area contributed by atoms with Crippen LogP contribution in [0.1, 0.15) is 20.3 Å². The van der Waals surface area contributed by atoms with Crippen molar-refractivity contribution < 1.29 is 4.39 Å². The fraction of sp³-hybridized carbons (Fsp3) is 0.571. The normalized spacial score (nSPS) is 12.4. The number of halogens is 1. The van der Waals surface area contributed by atoms with Crippen LogP contribution in [-0.4, -0.2) is 30.6 Å². The van der Waals surface area contributed by atoms with Gasteiger partial charge in [-0.1, -0.05) is 19.1 Å². The van der Waals surface area contributed by atoms with Crippen LogP contribution in [0.3, 0.4) is 0 Å². The molecule has 18 heavy (non-hydrogen) atoms. The zero-order chi connectivity index (χ0) is 13.4. The van der Waals surface area contributed by atoms with E-state index in [-0.39, 0.29) is 11.9 Å². The van der Waals surface area contributed by atoms with Gasteiger partial charge in [-0.3, -0.25) is 0 Å². The topological polar surface area (TPSA) is 29.3 Å². The highest BCUT2D eigenvalue weighted by Crippen LogP contribution is 2.22. The lowest BCUT2D eigenvalue weighted by Gasteiger charge is -2.32. The number of thioether (sulfide) groups is 1. The maximum Gasteiger partial charge on any atom is 0.146 e. The monoisotopic (exact) mass is 270 g/mol. The molecule has 0 aliphatic heterocycles. The molecule has 0 heterocycles. The Balaban J connectivity index is 2.76. The summed E-state index contributed by atoms with van der Waals surface area (Å²) in [5.74, 6) is 2.02. The van der Waals surface area contributed by atoms with Gasteiger partial charge in [0.15, 0.2) is 0 Å². The van der Waals surface area contributed by atoms with Gasteiger partial charge in [0.05, 0.1) is 5.69 Å². The summed E-state index contributed by atoms with van der Waals surface area (Å²) in [6, 6.07) is 7.14. The maximum atomic E-state index is 13.8. The molecule has 1 atom stereocenters. The highest BCUT2D eigenvalue weighted by molar-refractivity contribution is 7.99. The molecule has 0 aliphatic rings. The summed E-state index contributed by atoms with van der Waals surface area (Å²) in [5, 5.41) is 0. The van der Waals surface area contributed by atoms with E-state index < -0.39 is 0 Å². The van der Waals surface area contributed by atoms with E-state index in [0.717, 1.165) is 24.5 Å². The standard InChI is InChI=1S/C14H23FN2S/c1-3-17(12(11-16)9-10-18-4-2)14-8-6-5-7-13(14)15/h5-8,12H,3-4,9-11,16H2,1-2H3. The minimum Gasteiger partial charge on any atom is -0.365 e. The molecule has 0 aliphatic carbocycles. The molecule has 0 amide bonds. The number of likely N-dealkylation sites (N-methyl/N-ethyl adjacent to an activating group) is 1. The molecule has 1 rings (SSSR count). The van der Waals surface area contributed by atoms with Crippen molar-refractivity contribution in [1.29, 1.82) is 0 Å². The van der Waals surface area contributed by atoms with E-state index in [1.165, 1.54) is 6.07 Å². The summed E-state index contributed by atoms with van der Waals surface area (Å²) in [6.45, 7) is 5.53. The molecule has 0 spiro atoms. The lowest BCUT2D eigenvalue weighted by atomic mass is 10.1. The van der Waals surface area contributed by atoms with Crippen LogP contribution in [0.25, 0.3) is 0 Å². The molecule has 1 aromatic carbocycles.